The summed E-state index contributed by atoms with van der Waals surface area (Å²) in [6, 6.07) is 7.53. The molecule has 0 amide bonds. The summed E-state index contributed by atoms with van der Waals surface area (Å²) >= 11 is 12.0. The van der Waals surface area contributed by atoms with Gasteiger partial charge in [-0.1, -0.05) is 37.0 Å². The van der Waals surface area contributed by atoms with Crippen molar-refractivity contribution in [1.29, 1.82) is 5.26 Å². The molecule has 1 N–H and O–H groups in total. The number of aryl methyl sites for hydroxylation is 2. The Balaban J connectivity index is 1.91. The van der Waals surface area contributed by atoms with Gasteiger partial charge in [0.25, 0.3) is 0 Å². The molecule has 0 aromatic carbocycles. The number of anilines is 1. The highest BCUT2D eigenvalue weighted by atomic mass is 35.5. The molecule has 156 valence electrons. The molecular weight excluding hydrogens is 421 g/mol. The number of pyridine rings is 2. The second kappa shape index (κ2) is 8.90. The highest BCUT2D eigenvalue weighted by Crippen LogP contribution is 2.28. The molecule has 30 heavy (non-hydrogen) atoms. The SMILES string of the molecule is Cc1nn(C)c2nc(CN/C(=C/C#N)N(C)c3cc(Cl)nc(Cl)c3)cc(C(C)C)c12. The van der Waals surface area contributed by atoms with Crippen LogP contribution in [0.5, 0.6) is 0 Å². The van der Waals surface area contributed by atoms with Crippen molar-refractivity contribution in [3.05, 3.63) is 57.4 Å². The molecule has 3 rings (SSSR count). The van der Waals surface area contributed by atoms with Crippen molar-refractivity contribution in [3.63, 3.8) is 0 Å². The number of nitrogens with one attached hydrogen (secondary N) is 1. The molecule has 0 saturated heterocycles. The lowest BCUT2D eigenvalue weighted by atomic mass is 9.99. The summed E-state index contributed by atoms with van der Waals surface area (Å²) < 4.78 is 1.80. The first kappa shape index (κ1) is 21.9. The largest absolute Gasteiger partial charge is 0.365 e. The average Bonchev–Trinajstić information content (AvgIpc) is 2.97. The van der Waals surface area contributed by atoms with Gasteiger partial charge in [0.2, 0.25) is 0 Å². The number of rotatable bonds is 6. The average molecular weight is 444 g/mol. The zero-order valence-electron chi connectivity index (χ0n) is 17.5. The van der Waals surface area contributed by atoms with E-state index in [1.54, 1.807) is 21.7 Å². The maximum Gasteiger partial charge on any atom is 0.158 e. The van der Waals surface area contributed by atoms with E-state index in [0.717, 1.165) is 22.4 Å². The first-order valence-electron chi connectivity index (χ1n) is 9.44. The molecule has 0 saturated carbocycles. The monoisotopic (exact) mass is 443 g/mol. The third-order valence-corrected chi connectivity index (χ3v) is 5.21. The topological polar surface area (TPSA) is 82.7 Å². The highest BCUT2D eigenvalue weighted by Gasteiger charge is 2.16. The Morgan fingerprint density at radius 2 is 1.93 bits per heavy atom. The first-order valence-corrected chi connectivity index (χ1v) is 10.2. The predicted octanol–water partition coefficient (Wildman–Crippen LogP) is 4.69. The van der Waals surface area contributed by atoms with Gasteiger partial charge in [-0.25, -0.2) is 9.97 Å². The standard InChI is InChI=1S/C21H23Cl2N7/c1-12(2)16-8-14(26-21-20(16)13(3)28-30(21)5)11-25-19(6-7-24)29(4)15-9-17(22)27-18(23)10-15/h6,8-10,12,25H,11H2,1-5H3/b19-6-. The molecule has 0 unspecified atom stereocenters. The molecule has 0 fully saturated rings. The molecule has 0 bridgehead atoms. The van der Waals surface area contributed by atoms with Gasteiger partial charge in [-0.3, -0.25) is 4.68 Å². The van der Waals surface area contributed by atoms with E-state index >= 15 is 0 Å². The van der Waals surface area contributed by atoms with E-state index in [1.165, 1.54) is 11.6 Å². The van der Waals surface area contributed by atoms with Crippen LogP contribution in [-0.4, -0.2) is 26.8 Å². The van der Waals surface area contributed by atoms with Gasteiger partial charge in [0, 0.05) is 25.2 Å². The Hall–Kier alpha value is -2.82. The Bertz CT molecular complexity index is 1140. The normalized spacial score (nSPS) is 11.8. The predicted molar refractivity (Wildman–Crippen MR) is 121 cm³/mol. The zero-order valence-corrected chi connectivity index (χ0v) is 19.0. The minimum Gasteiger partial charge on any atom is -0.365 e. The van der Waals surface area contributed by atoms with Crippen LogP contribution in [0.15, 0.2) is 30.1 Å². The lowest BCUT2D eigenvalue weighted by molar-refractivity contribution is 0.741. The van der Waals surface area contributed by atoms with E-state index in [1.807, 2.05) is 21.0 Å². The fourth-order valence-corrected chi connectivity index (χ4v) is 3.82. The summed E-state index contributed by atoms with van der Waals surface area (Å²) in [5, 5.41) is 18.7. The van der Waals surface area contributed by atoms with Crippen molar-refractivity contribution in [3.8, 4) is 6.07 Å². The van der Waals surface area contributed by atoms with Crippen molar-refractivity contribution >= 4 is 39.9 Å². The minimum absolute atomic E-state index is 0.279. The second-order valence-corrected chi connectivity index (χ2v) is 8.08. The van der Waals surface area contributed by atoms with Gasteiger partial charge < -0.3 is 10.2 Å². The van der Waals surface area contributed by atoms with Crippen LogP contribution in [0.4, 0.5) is 5.69 Å². The van der Waals surface area contributed by atoms with Crippen LogP contribution >= 0.6 is 23.2 Å². The van der Waals surface area contributed by atoms with Gasteiger partial charge in [0.05, 0.1) is 30.1 Å². The van der Waals surface area contributed by atoms with E-state index in [2.05, 4.69) is 41.4 Å². The maximum absolute atomic E-state index is 9.25. The third-order valence-electron chi connectivity index (χ3n) is 4.82. The quantitative estimate of drug-likeness (QED) is 0.439. The number of hydrogen-bond donors (Lipinski definition) is 1. The van der Waals surface area contributed by atoms with Gasteiger partial charge in [-0.15, -0.1) is 0 Å². The van der Waals surface area contributed by atoms with E-state index < -0.39 is 0 Å². The number of nitrogens with zero attached hydrogens (tertiary/aromatic N) is 6. The van der Waals surface area contributed by atoms with Gasteiger partial charge in [0.1, 0.15) is 16.1 Å². The number of allylic oxidation sites excluding steroid dienone is 1. The van der Waals surface area contributed by atoms with Gasteiger partial charge in [-0.2, -0.15) is 10.4 Å². The molecule has 9 heteroatoms. The van der Waals surface area contributed by atoms with Crippen LogP contribution in [0, 0.1) is 18.3 Å². The molecule has 0 aliphatic heterocycles. The van der Waals surface area contributed by atoms with Crippen LogP contribution in [-0.2, 0) is 13.6 Å². The van der Waals surface area contributed by atoms with E-state index in [4.69, 9.17) is 28.2 Å². The summed E-state index contributed by atoms with van der Waals surface area (Å²) in [4.78, 5) is 10.5. The van der Waals surface area contributed by atoms with Crippen molar-refractivity contribution in [2.75, 3.05) is 11.9 Å². The minimum atomic E-state index is 0.279. The number of halogens is 2. The molecule has 3 aromatic heterocycles. The summed E-state index contributed by atoms with van der Waals surface area (Å²) in [7, 11) is 3.72. The molecule has 0 aliphatic carbocycles. The van der Waals surface area contributed by atoms with E-state index in [9.17, 15) is 5.26 Å². The number of nitriles is 1. The van der Waals surface area contributed by atoms with Crippen LogP contribution < -0.4 is 10.2 Å². The number of aromatic nitrogens is 4. The third kappa shape index (κ3) is 4.50. The van der Waals surface area contributed by atoms with Crippen molar-refractivity contribution in [2.45, 2.75) is 33.2 Å². The van der Waals surface area contributed by atoms with Crippen LogP contribution in [0.2, 0.25) is 10.3 Å². The molecular formula is C21H23Cl2N7. The summed E-state index contributed by atoms with van der Waals surface area (Å²) in [6.07, 6.45) is 1.43. The first-order chi connectivity index (χ1) is 14.2. The second-order valence-electron chi connectivity index (χ2n) is 7.31. The van der Waals surface area contributed by atoms with E-state index in [-0.39, 0.29) is 10.3 Å². The van der Waals surface area contributed by atoms with Gasteiger partial charge in [-0.05, 0) is 36.6 Å². The molecule has 0 aliphatic rings. The van der Waals surface area contributed by atoms with Crippen molar-refractivity contribution in [1.82, 2.24) is 25.1 Å². The number of hydrogen-bond acceptors (Lipinski definition) is 6. The van der Waals surface area contributed by atoms with Crippen molar-refractivity contribution < 1.29 is 0 Å². The summed E-state index contributed by atoms with van der Waals surface area (Å²) in [5.74, 6) is 0.917. The summed E-state index contributed by atoms with van der Waals surface area (Å²) in [6.45, 7) is 6.75. The van der Waals surface area contributed by atoms with Crippen LogP contribution in [0.3, 0.4) is 0 Å². The summed E-state index contributed by atoms with van der Waals surface area (Å²) in [5.41, 5.74) is 4.59. The van der Waals surface area contributed by atoms with Gasteiger partial charge in [0.15, 0.2) is 5.65 Å². The molecule has 3 heterocycles. The Morgan fingerprint density at radius 1 is 1.27 bits per heavy atom. The van der Waals surface area contributed by atoms with Crippen LogP contribution in [0.1, 0.15) is 36.7 Å². The fourth-order valence-electron chi connectivity index (χ4n) is 3.37. The maximum atomic E-state index is 9.25. The molecule has 7 nitrogen and oxygen atoms in total. The lowest BCUT2D eigenvalue weighted by Crippen LogP contribution is -2.28. The molecule has 0 radical (unpaired) electrons. The number of fused-ring (bicyclic) bond motifs is 1. The lowest BCUT2D eigenvalue weighted by Gasteiger charge is -2.23. The Morgan fingerprint density at radius 3 is 2.53 bits per heavy atom. The Labute approximate surface area is 185 Å². The Kier molecular flexibility index (Phi) is 6.49. The van der Waals surface area contributed by atoms with Crippen molar-refractivity contribution in [2.24, 2.45) is 7.05 Å². The molecule has 0 spiro atoms. The zero-order chi connectivity index (χ0) is 22.0. The fraction of sp³-hybridized carbons (Fsp3) is 0.333. The van der Waals surface area contributed by atoms with Gasteiger partial charge >= 0.3 is 0 Å². The smallest absolute Gasteiger partial charge is 0.158 e. The highest BCUT2D eigenvalue weighted by molar-refractivity contribution is 6.32. The van der Waals surface area contributed by atoms with Crippen LogP contribution in [0.25, 0.3) is 11.0 Å². The molecule has 0 atom stereocenters. The van der Waals surface area contributed by atoms with E-state index in [0.29, 0.717) is 24.0 Å². The molecule has 3 aromatic rings.